The van der Waals surface area contributed by atoms with Gasteiger partial charge in [0, 0.05) is 28.7 Å². The van der Waals surface area contributed by atoms with Crippen LogP contribution < -0.4 is 4.74 Å². The average Bonchev–Trinajstić information content (AvgIpc) is 3.10. The zero-order valence-electron chi connectivity index (χ0n) is 13.7. The molecule has 4 nitrogen and oxygen atoms in total. The molecule has 1 aromatic heterocycles. The summed E-state index contributed by atoms with van der Waals surface area (Å²) in [6.45, 7) is 2.89. The summed E-state index contributed by atoms with van der Waals surface area (Å²) in [6.07, 6.45) is 0.881. The molecule has 3 heterocycles. The number of aromatic amines is 1. The highest BCUT2D eigenvalue weighted by molar-refractivity contribution is 6.02. The number of carbonyl (C=O) groups is 1. The molecular formula is C20H18N2O2. The number of H-pyrrole nitrogens is 1. The van der Waals surface area contributed by atoms with Gasteiger partial charge in [-0.15, -0.1) is 0 Å². The highest BCUT2D eigenvalue weighted by Gasteiger charge is 2.51. The monoisotopic (exact) mass is 318 g/mol. The average molecular weight is 318 g/mol. The lowest BCUT2D eigenvalue weighted by Gasteiger charge is -2.40. The van der Waals surface area contributed by atoms with Gasteiger partial charge < -0.3 is 14.6 Å². The van der Waals surface area contributed by atoms with E-state index in [9.17, 15) is 4.79 Å². The molecule has 0 saturated heterocycles. The van der Waals surface area contributed by atoms with Gasteiger partial charge in [0.25, 0.3) is 5.91 Å². The van der Waals surface area contributed by atoms with Gasteiger partial charge in [-0.25, -0.2) is 0 Å². The van der Waals surface area contributed by atoms with Crippen molar-refractivity contribution in [1.82, 2.24) is 9.88 Å². The number of ether oxygens (including phenoxy) is 1. The Labute approximate surface area is 140 Å². The van der Waals surface area contributed by atoms with Crippen molar-refractivity contribution in [2.75, 3.05) is 13.7 Å². The van der Waals surface area contributed by atoms with Crippen LogP contribution >= 0.6 is 0 Å². The van der Waals surface area contributed by atoms with Crippen molar-refractivity contribution in [1.29, 1.82) is 0 Å². The van der Waals surface area contributed by atoms with Gasteiger partial charge in [-0.2, -0.15) is 0 Å². The quantitative estimate of drug-likeness (QED) is 0.747. The Morgan fingerprint density at radius 1 is 1.21 bits per heavy atom. The maximum atomic E-state index is 13.0. The molecule has 2 aliphatic rings. The number of nitrogens with one attached hydrogen (secondary N) is 1. The number of carbonyl (C=O) groups excluding carboxylic acids is 1. The lowest BCUT2D eigenvalue weighted by Crippen LogP contribution is -2.47. The fourth-order valence-corrected chi connectivity index (χ4v) is 4.44. The second-order valence-corrected chi connectivity index (χ2v) is 6.71. The van der Waals surface area contributed by atoms with E-state index in [1.807, 2.05) is 29.2 Å². The van der Waals surface area contributed by atoms with Crippen LogP contribution in [-0.4, -0.2) is 29.4 Å². The Hall–Kier alpha value is -2.75. The Morgan fingerprint density at radius 2 is 2.04 bits per heavy atom. The van der Waals surface area contributed by atoms with Gasteiger partial charge in [-0.3, -0.25) is 4.79 Å². The third kappa shape index (κ3) is 1.46. The number of aromatic nitrogens is 1. The summed E-state index contributed by atoms with van der Waals surface area (Å²) < 4.78 is 5.31. The Balaban J connectivity index is 1.82. The maximum Gasteiger partial charge on any atom is 0.255 e. The maximum absolute atomic E-state index is 13.0. The minimum Gasteiger partial charge on any atom is -0.497 e. The zero-order valence-corrected chi connectivity index (χ0v) is 13.7. The molecule has 4 heteroatoms. The number of rotatable bonds is 1. The first-order chi connectivity index (χ1) is 11.6. The van der Waals surface area contributed by atoms with E-state index in [-0.39, 0.29) is 5.91 Å². The topological polar surface area (TPSA) is 45.3 Å². The van der Waals surface area contributed by atoms with Gasteiger partial charge in [0.1, 0.15) is 11.3 Å². The third-order valence-corrected chi connectivity index (χ3v) is 5.65. The lowest BCUT2D eigenvalue weighted by molar-refractivity contribution is 0.0626. The van der Waals surface area contributed by atoms with Crippen LogP contribution in [0.3, 0.4) is 0 Å². The van der Waals surface area contributed by atoms with Crippen molar-refractivity contribution in [2.45, 2.75) is 18.9 Å². The summed E-state index contributed by atoms with van der Waals surface area (Å²) in [5.74, 6) is 0.818. The first kappa shape index (κ1) is 13.7. The van der Waals surface area contributed by atoms with E-state index in [1.165, 1.54) is 10.9 Å². The molecule has 0 aliphatic carbocycles. The molecule has 1 atom stereocenters. The second-order valence-electron chi connectivity index (χ2n) is 6.71. The largest absolute Gasteiger partial charge is 0.497 e. The van der Waals surface area contributed by atoms with Crippen molar-refractivity contribution in [3.05, 3.63) is 64.8 Å². The molecular weight excluding hydrogens is 300 g/mol. The van der Waals surface area contributed by atoms with E-state index in [0.717, 1.165) is 41.1 Å². The van der Waals surface area contributed by atoms with E-state index < -0.39 is 5.54 Å². The Kier molecular flexibility index (Phi) is 2.51. The molecule has 24 heavy (non-hydrogen) atoms. The summed E-state index contributed by atoms with van der Waals surface area (Å²) in [6, 6.07) is 14.2. The molecule has 0 spiro atoms. The summed E-state index contributed by atoms with van der Waals surface area (Å²) >= 11 is 0. The SMILES string of the molecule is COc1ccc2c(c1)C(=O)N1CCc3c([nH]c4ccccc34)C21C. The molecule has 1 N–H and O–H groups in total. The highest BCUT2D eigenvalue weighted by atomic mass is 16.5. The van der Waals surface area contributed by atoms with Crippen LogP contribution in [-0.2, 0) is 12.0 Å². The first-order valence-electron chi connectivity index (χ1n) is 8.25. The number of hydrogen-bond donors (Lipinski definition) is 1. The molecule has 0 bridgehead atoms. The standard InChI is InChI=1S/C20H18N2O2/c1-20-16-8-7-12(24-2)11-15(16)19(23)22(20)10-9-14-13-5-3-4-6-17(13)21-18(14)20/h3-8,11,21H,9-10H2,1-2H3. The summed E-state index contributed by atoms with van der Waals surface area (Å²) in [5, 5.41) is 1.27. The van der Waals surface area contributed by atoms with Gasteiger partial charge in [-0.1, -0.05) is 24.3 Å². The molecule has 0 saturated carbocycles. The van der Waals surface area contributed by atoms with Crippen molar-refractivity contribution < 1.29 is 9.53 Å². The summed E-state index contributed by atoms with van der Waals surface area (Å²) in [5.41, 5.74) is 4.99. The van der Waals surface area contributed by atoms with Crippen LogP contribution in [0, 0.1) is 0 Å². The van der Waals surface area contributed by atoms with Gasteiger partial charge in [0.05, 0.1) is 7.11 Å². The fraction of sp³-hybridized carbons (Fsp3) is 0.250. The molecule has 2 aromatic carbocycles. The number of nitrogens with zero attached hydrogens (tertiary/aromatic N) is 1. The van der Waals surface area contributed by atoms with Crippen molar-refractivity contribution in [2.24, 2.45) is 0 Å². The molecule has 1 amide bonds. The number of benzene rings is 2. The molecule has 2 aliphatic heterocycles. The van der Waals surface area contributed by atoms with Crippen LogP contribution in [0.1, 0.15) is 34.1 Å². The van der Waals surface area contributed by atoms with Crippen LogP contribution in [0.25, 0.3) is 10.9 Å². The number of para-hydroxylation sites is 1. The van der Waals surface area contributed by atoms with Crippen LogP contribution in [0.5, 0.6) is 5.75 Å². The van der Waals surface area contributed by atoms with E-state index in [1.54, 1.807) is 7.11 Å². The number of hydrogen-bond acceptors (Lipinski definition) is 2. The lowest BCUT2D eigenvalue weighted by atomic mass is 9.82. The van der Waals surface area contributed by atoms with Gasteiger partial charge in [-0.05, 0) is 42.7 Å². The van der Waals surface area contributed by atoms with E-state index >= 15 is 0 Å². The molecule has 3 aromatic rings. The van der Waals surface area contributed by atoms with Crippen LogP contribution in [0.4, 0.5) is 0 Å². The Bertz CT molecular complexity index is 1000. The van der Waals surface area contributed by atoms with Gasteiger partial charge in [0.15, 0.2) is 0 Å². The smallest absolute Gasteiger partial charge is 0.255 e. The summed E-state index contributed by atoms with van der Waals surface area (Å²) in [4.78, 5) is 18.6. The highest BCUT2D eigenvalue weighted by Crippen LogP contribution is 2.49. The molecule has 0 radical (unpaired) electrons. The molecule has 5 rings (SSSR count). The summed E-state index contributed by atoms with van der Waals surface area (Å²) in [7, 11) is 1.63. The fourth-order valence-electron chi connectivity index (χ4n) is 4.44. The van der Waals surface area contributed by atoms with Gasteiger partial charge in [0.2, 0.25) is 0 Å². The van der Waals surface area contributed by atoms with Crippen LogP contribution in [0.15, 0.2) is 42.5 Å². The predicted molar refractivity (Wildman–Crippen MR) is 92.5 cm³/mol. The molecule has 1 unspecified atom stereocenters. The van der Waals surface area contributed by atoms with E-state index in [0.29, 0.717) is 0 Å². The van der Waals surface area contributed by atoms with Crippen molar-refractivity contribution >= 4 is 16.8 Å². The van der Waals surface area contributed by atoms with E-state index in [2.05, 4.69) is 30.1 Å². The molecule has 120 valence electrons. The second kappa shape index (κ2) is 4.41. The zero-order chi connectivity index (χ0) is 16.5. The third-order valence-electron chi connectivity index (χ3n) is 5.65. The predicted octanol–water partition coefficient (Wildman–Crippen LogP) is 3.45. The molecule has 0 fully saturated rings. The van der Waals surface area contributed by atoms with Crippen molar-refractivity contribution in [3.8, 4) is 5.75 Å². The number of amides is 1. The number of methoxy groups -OCH3 is 1. The van der Waals surface area contributed by atoms with Crippen molar-refractivity contribution in [3.63, 3.8) is 0 Å². The first-order valence-corrected chi connectivity index (χ1v) is 8.25. The van der Waals surface area contributed by atoms with E-state index in [4.69, 9.17) is 4.74 Å². The van der Waals surface area contributed by atoms with Gasteiger partial charge >= 0.3 is 0 Å². The Morgan fingerprint density at radius 3 is 2.88 bits per heavy atom. The minimum atomic E-state index is -0.439. The number of fused-ring (bicyclic) bond motifs is 7. The normalized spacial score (nSPS) is 21.6. The van der Waals surface area contributed by atoms with Crippen LogP contribution in [0.2, 0.25) is 0 Å². The minimum absolute atomic E-state index is 0.0932.